The Balaban J connectivity index is 2.24. The number of hydrogen-bond donors (Lipinski definition) is 3. The average Bonchev–Trinajstić information content (AvgIpc) is 2.81. The lowest BCUT2D eigenvalue weighted by molar-refractivity contribution is -0.112. The van der Waals surface area contributed by atoms with Crippen molar-refractivity contribution in [2.45, 2.75) is 18.1 Å². The molecule has 9 heteroatoms. The third-order valence-corrected chi connectivity index (χ3v) is 4.84. The average molecular weight is 394 g/mol. The largest absolute Gasteiger partial charge is 0.465 e. The number of hydrogen-bond acceptors (Lipinski definition) is 5. The fraction of sp³-hybridized carbons (Fsp3) is 0.562. The van der Waals surface area contributed by atoms with Gasteiger partial charge in [-0.25, -0.2) is 4.79 Å². The van der Waals surface area contributed by atoms with Crippen molar-refractivity contribution >= 4 is 29.3 Å². The van der Waals surface area contributed by atoms with Crippen LogP contribution in [0.15, 0.2) is 18.2 Å². The molecule has 2 atom stereocenters. The van der Waals surface area contributed by atoms with Gasteiger partial charge in [0, 0.05) is 19.5 Å². The lowest BCUT2D eigenvalue weighted by Gasteiger charge is -2.33. The van der Waals surface area contributed by atoms with Gasteiger partial charge in [-0.15, -0.1) is 0 Å². The van der Waals surface area contributed by atoms with E-state index in [0.717, 1.165) is 0 Å². The number of amides is 1. The van der Waals surface area contributed by atoms with Crippen LogP contribution >= 0.6 is 23.2 Å². The minimum Gasteiger partial charge on any atom is -0.465 e. The van der Waals surface area contributed by atoms with E-state index in [1.165, 1.54) is 4.90 Å². The molecule has 1 unspecified atom stereocenters. The van der Waals surface area contributed by atoms with E-state index >= 15 is 0 Å². The van der Waals surface area contributed by atoms with Gasteiger partial charge in [0.15, 0.2) is 0 Å². The number of ether oxygens (including phenoxy) is 2. The molecule has 1 saturated heterocycles. The number of aliphatic hydroxyl groups is 2. The highest BCUT2D eigenvalue weighted by Gasteiger charge is 2.37. The number of carbonyl (C=O) groups is 1. The van der Waals surface area contributed by atoms with E-state index in [1.54, 1.807) is 18.2 Å². The number of nitrogens with zero attached hydrogens (tertiary/aromatic N) is 1. The van der Waals surface area contributed by atoms with Crippen LogP contribution in [-0.2, 0) is 15.1 Å². The number of aliphatic hydroxyl groups excluding tert-OH is 2. The maximum absolute atomic E-state index is 11.2. The smallest absolute Gasteiger partial charge is 0.407 e. The van der Waals surface area contributed by atoms with Crippen molar-refractivity contribution in [2.24, 2.45) is 0 Å². The molecular weight excluding hydrogens is 373 g/mol. The highest BCUT2D eigenvalue weighted by atomic mass is 35.5. The normalized spacial score (nSPS) is 22.5. The topological polar surface area (TPSA) is 99.5 Å². The quantitative estimate of drug-likeness (QED) is 0.682. The Kier molecular flexibility index (Phi) is 7.30. The third-order valence-electron chi connectivity index (χ3n) is 4.10. The second kappa shape index (κ2) is 9.02. The molecule has 1 aliphatic heterocycles. The van der Waals surface area contributed by atoms with Crippen molar-refractivity contribution in [3.05, 3.63) is 33.8 Å². The standard InChI is InChI=1S/C16H21Cl2NO6/c17-13-2-1-11(7-14(13)18)16(10-24-9-12(21)8-20)3-4-19(15(22)23)5-6-25-16/h1-2,7,12,20-21H,3-6,8-10H2,(H,22,23)/t12?,16-/m1/s1. The summed E-state index contributed by atoms with van der Waals surface area (Å²) in [6.45, 7) is 0.312. The number of rotatable bonds is 6. The molecule has 3 N–H and O–H groups in total. The summed E-state index contributed by atoms with van der Waals surface area (Å²) in [6, 6.07) is 5.08. The zero-order chi connectivity index (χ0) is 18.4. The maximum atomic E-state index is 11.2. The van der Waals surface area contributed by atoms with Gasteiger partial charge in [0.25, 0.3) is 0 Å². The molecule has 1 aliphatic rings. The van der Waals surface area contributed by atoms with Crippen molar-refractivity contribution < 1.29 is 29.6 Å². The van der Waals surface area contributed by atoms with E-state index in [2.05, 4.69) is 0 Å². The minimum atomic E-state index is -1.01. The Morgan fingerprint density at radius 2 is 2.12 bits per heavy atom. The second-order valence-electron chi connectivity index (χ2n) is 5.84. The predicted octanol–water partition coefficient (Wildman–Crippen LogP) is 1.96. The zero-order valence-corrected chi connectivity index (χ0v) is 15.0. The Labute approximate surface area is 155 Å². The summed E-state index contributed by atoms with van der Waals surface area (Å²) in [6.07, 6.45) is -1.65. The van der Waals surface area contributed by atoms with Gasteiger partial charge in [-0.05, 0) is 17.7 Å². The molecule has 0 spiro atoms. The van der Waals surface area contributed by atoms with Crippen LogP contribution in [0.1, 0.15) is 12.0 Å². The first-order chi connectivity index (χ1) is 11.9. The molecule has 0 radical (unpaired) electrons. The van der Waals surface area contributed by atoms with Crippen LogP contribution in [0.25, 0.3) is 0 Å². The first-order valence-electron chi connectivity index (χ1n) is 7.82. The van der Waals surface area contributed by atoms with Gasteiger partial charge in [0.2, 0.25) is 0 Å². The van der Waals surface area contributed by atoms with Crippen LogP contribution < -0.4 is 0 Å². The summed E-state index contributed by atoms with van der Waals surface area (Å²) in [4.78, 5) is 12.5. The van der Waals surface area contributed by atoms with Crippen molar-refractivity contribution in [1.29, 1.82) is 0 Å². The lowest BCUT2D eigenvalue weighted by atomic mass is 9.90. The van der Waals surface area contributed by atoms with E-state index in [9.17, 15) is 15.0 Å². The van der Waals surface area contributed by atoms with E-state index in [4.69, 9.17) is 37.8 Å². The Hall–Kier alpha value is -1.09. The molecule has 2 rings (SSSR count). The molecule has 140 valence electrons. The Morgan fingerprint density at radius 3 is 2.76 bits per heavy atom. The zero-order valence-electron chi connectivity index (χ0n) is 13.5. The lowest BCUT2D eigenvalue weighted by Crippen LogP contribution is -2.37. The monoisotopic (exact) mass is 393 g/mol. The summed E-state index contributed by atoms with van der Waals surface area (Å²) >= 11 is 12.1. The van der Waals surface area contributed by atoms with Gasteiger partial charge >= 0.3 is 6.09 Å². The van der Waals surface area contributed by atoms with Crippen LogP contribution in [0.5, 0.6) is 0 Å². The van der Waals surface area contributed by atoms with Crippen LogP contribution in [0, 0.1) is 0 Å². The second-order valence-corrected chi connectivity index (χ2v) is 6.66. The summed E-state index contributed by atoms with van der Waals surface area (Å²) in [5, 5.41) is 28.3. The van der Waals surface area contributed by atoms with Gasteiger partial charge in [-0.2, -0.15) is 0 Å². The summed E-state index contributed by atoms with van der Waals surface area (Å²) < 4.78 is 11.5. The van der Waals surface area contributed by atoms with E-state index in [0.29, 0.717) is 22.0 Å². The van der Waals surface area contributed by atoms with Gasteiger partial charge in [0.1, 0.15) is 11.7 Å². The van der Waals surface area contributed by atoms with Gasteiger partial charge in [-0.3, -0.25) is 0 Å². The molecule has 1 fully saturated rings. The van der Waals surface area contributed by atoms with Gasteiger partial charge in [-0.1, -0.05) is 29.3 Å². The van der Waals surface area contributed by atoms with E-state index in [1.807, 2.05) is 0 Å². The van der Waals surface area contributed by atoms with Gasteiger partial charge < -0.3 is 29.7 Å². The molecule has 1 aromatic rings. The van der Waals surface area contributed by atoms with Crippen LogP contribution in [0.2, 0.25) is 10.0 Å². The third kappa shape index (κ3) is 5.20. The summed E-state index contributed by atoms with van der Waals surface area (Å²) in [5.74, 6) is 0. The fourth-order valence-corrected chi connectivity index (χ4v) is 2.96. The number of halogens is 2. The highest BCUT2D eigenvalue weighted by molar-refractivity contribution is 6.42. The molecule has 0 aliphatic carbocycles. The van der Waals surface area contributed by atoms with E-state index in [-0.39, 0.29) is 32.9 Å². The minimum absolute atomic E-state index is 0.0639. The molecule has 7 nitrogen and oxygen atoms in total. The van der Waals surface area contributed by atoms with Crippen LogP contribution in [-0.4, -0.2) is 71.9 Å². The summed E-state index contributed by atoms with van der Waals surface area (Å²) in [7, 11) is 0. The molecule has 0 bridgehead atoms. The first kappa shape index (κ1) is 20.2. The molecule has 0 saturated carbocycles. The van der Waals surface area contributed by atoms with Crippen molar-refractivity contribution in [3.63, 3.8) is 0 Å². The molecule has 1 heterocycles. The fourth-order valence-electron chi connectivity index (χ4n) is 2.66. The maximum Gasteiger partial charge on any atom is 0.407 e. The number of carboxylic acid groups (broad SMARTS) is 1. The Bertz CT molecular complexity index is 602. The van der Waals surface area contributed by atoms with Crippen molar-refractivity contribution in [3.8, 4) is 0 Å². The van der Waals surface area contributed by atoms with E-state index < -0.39 is 24.4 Å². The van der Waals surface area contributed by atoms with Crippen molar-refractivity contribution in [2.75, 3.05) is 39.5 Å². The molecule has 1 aromatic carbocycles. The molecular formula is C16H21Cl2NO6. The molecule has 25 heavy (non-hydrogen) atoms. The van der Waals surface area contributed by atoms with Crippen LogP contribution in [0.4, 0.5) is 4.79 Å². The Morgan fingerprint density at radius 1 is 1.36 bits per heavy atom. The summed E-state index contributed by atoms with van der Waals surface area (Å²) in [5.41, 5.74) is -0.208. The number of benzene rings is 1. The molecule has 0 aromatic heterocycles. The highest BCUT2D eigenvalue weighted by Crippen LogP contribution is 2.35. The molecule has 1 amide bonds. The SMILES string of the molecule is O=C(O)N1CCO[C@](COCC(O)CO)(c2ccc(Cl)c(Cl)c2)CC1. The first-order valence-corrected chi connectivity index (χ1v) is 8.57. The predicted molar refractivity (Wildman–Crippen MR) is 92.2 cm³/mol. The van der Waals surface area contributed by atoms with Crippen molar-refractivity contribution in [1.82, 2.24) is 4.90 Å². The van der Waals surface area contributed by atoms with Crippen LogP contribution in [0.3, 0.4) is 0 Å². The van der Waals surface area contributed by atoms with Gasteiger partial charge in [0.05, 0.1) is 36.5 Å².